The van der Waals surface area contributed by atoms with Gasteiger partial charge in [0.2, 0.25) is 0 Å². The van der Waals surface area contributed by atoms with Crippen LogP contribution in [0.3, 0.4) is 0 Å². The molecule has 0 aliphatic heterocycles. The Morgan fingerprint density at radius 2 is 2.40 bits per heavy atom. The number of aromatic nitrogens is 3. The molecule has 1 saturated carbocycles. The highest BCUT2D eigenvalue weighted by Gasteiger charge is 2.28. The summed E-state index contributed by atoms with van der Waals surface area (Å²) in [5.41, 5.74) is 7.10. The summed E-state index contributed by atoms with van der Waals surface area (Å²) in [5.74, 6) is -0.0757. The van der Waals surface area contributed by atoms with E-state index in [1.807, 2.05) is 30.0 Å². The summed E-state index contributed by atoms with van der Waals surface area (Å²) >= 11 is 0. The van der Waals surface area contributed by atoms with E-state index < -0.39 is 0 Å². The molecule has 2 aromatic heterocycles. The van der Waals surface area contributed by atoms with Gasteiger partial charge in [0, 0.05) is 30.7 Å². The fourth-order valence-electron chi connectivity index (χ4n) is 2.37. The number of nitrogens with zero attached hydrogens (tertiary/aromatic N) is 3. The molecule has 20 heavy (non-hydrogen) atoms. The van der Waals surface area contributed by atoms with Gasteiger partial charge >= 0.3 is 0 Å². The molecule has 1 aliphatic carbocycles. The average Bonchev–Trinajstić information content (AvgIpc) is 2.98. The zero-order chi connectivity index (χ0) is 14.1. The number of anilines is 1. The summed E-state index contributed by atoms with van der Waals surface area (Å²) in [7, 11) is 0. The Kier molecular flexibility index (Phi) is 3.22. The summed E-state index contributed by atoms with van der Waals surface area (Å²) in [4.78, 5) is 12.3. The van der Waals surface area contributed by atoms with E-state index in [0.29, 0.717) is 24.0 Å². The van der Waals surface area contributed by atoms with E-state index in [1.54, 1.807) is 16.9 Å². The third-order valence-electron chi connectivity index (χ3n) is 3.44. The van der Waals surface area contributed by atoms with Crippen molar-refractivity contribution in [1.29, 1.82) is 0 Å². The third-order valence-corrected chi connectivity index (χ3v) is 3.44. The predicted molar refractivity (Wildman–Crippen MR) is 76.3 cm³/mol. The van der Waals surface area contributed by atoms with Crippen LogP contribution in [0.1, 0.15) is 36.3 Å². The lowest BCUT2D eigenvalue weighted by Gasteiger charge is -2.15. The van der Waals surface area contributed by atoms with Gasteiger partial charge in [-0.25, -0.2) is 0 Å². The van der Waals surface area contributed by atoms with Crippen molar-refractivity contribution in [2.24, 2.45) is 0 Å². The second-order valence-electron chi connectivity index (χ2n) is 5.40. The molecule has 0 bridgehead atoms. The Hall–Kier alpha value is -2.24. The van der Waals surface area contributed by atoms with Crippen molar-refractivity contribution in [3.8, 4) is 0 Å². The van der Waals surface area contributed by atoms with E-state index in [0.717, 1.165) is 12.8 Å². The molecule has 1 atom stereocenters. The Bertz CT molecular complexity index is 597. The van der Waals surface area contributed by atoms with Crippen LogP contribution in [0.4, 0.5) is 5.69 Å². The molecule has 0 saturated heterocycles. The molecule has 6 heteroatoms. The molecule has 1 amide bonds. The molecule has 3 rings (SSSR count). The number of nitrogen functional groups attached to an aromatic ring is 1. The molecule has 2 aromatic rings. The van der Waals surface area contributed by atoms with Crippen LogP contribution in [-0.4, -0.2) is 26.3 Å². The molecule has 1 aliphatic rings. The fraction of sp³-hybridized carbons (Fsp3) is 0.429. The van der Waals surface area contributed by atoms with Crippen LogP contribution in [0.25, 0.3) is 0 Å². The van der Waals surface area contributed by atoms with Gasteiger partial charge in [0.1, 0.15) is 5.69 Å². The van der Waals surface area contributed by atoms with E-state index in [1.165, 1.54) is 0 Å². The maximum atomic E-state index is 12.3. The lowest BCUT2D eigenvalue weighted by atomic mass is 10.3. The molecule has 3 N–H and O–H groups in total. The lowest BCUT2D eigenvalue weighted by molar-refractivity contribution is 0.0926. The molecule has 1 fully saturated rings. The molecule has 2 heterocycles. The smallest absolute Gasteiger partial charge is 0.268 e. The largest absolute Gasteiger partial charge is 0.397 e. The highest BCUT2D eigenvalue weighted by Crippen LogP contribution is 2.37. The summed E-state index contributed by atoms with van der Waals surface area (Å²) in [6.07, 6.45) is 7.71. The minimum atomic E-state index is -0.0757. The van der Waals surface area contributed by atoms with Crippen LogP contribution < -0.4 is 11.1 Å². The second-order valence-corrected chi connectivity index (χ2v) is 5.40. The minimum absolute atomic E-state index is 0.00572. The monoisotopic (exact) mass is 273 g/mol. The summed E-state index contributed by atoms with van der Waals surface area (Å²) < 4.78 is 3.80. The highest BCUT2D eigenvalue weighted by molar-refractivity contribution is 5.94. The Labute approximate surface area is 117 Å². The number of rotatable bonds is 5. The van der Waals surface area contributed by atoms with Crippen molar-refractivity contribution in [3.05, 3.63) is 36.4 Å². The molecular formula is C14H19N5O. The number of hydrogen-bond donors (Lipinski definition) is 2. The van der Waals surface area contributed by atoms with E-state index in [9.17, 15) is 4.79 Å². The van der Waals surface area contributed by atoms with Crippen LogP contribution in [0, 0.1) is 0 Å². The summed E-state index contributed by atoms with van der Waals surface area (Å²) in [6.45, 7) is 2.62. The molecule has 0 spiro atoms. The van der Waals surface area contributed by atoms with Crippen LogP contribution >= 0.6 is 0 Å². The zero-order valence-corrected chi connectivity index (χ0v) is 11.5. The summed E-state index contributed by atoms with van der Waals surface area (Å²) in [6, 6.07) is 4.06. The number of carbonyl (C=O) groups excluding carboxylic acids is 1. The first-order valence-corrected chi connectivity index (χ1v) is 6.89. The fourth-order valence-corrected chi connectivity index (χ4v) is 2.37. The van der Waals surface area contributed by atoms with Gasteiger partial charge in [-0.1, -0.05) is 0 Å². The first-order chi connectivity index (χ1) is 9.63. The standard InChI is InChI=1S/C14H19N5O/c1-10(8-18-6-2-5-16-18)17-14(20)13-7-11(15)9-19(13)12-3-4-12/h2,5-7,9-10,12H,3-4,8,15H2,1H3,(H,17,20). The van der Waals surface area contributed by atoms with Crippen LogP contribution in [-0.2, 0) is 6.54 Å². The first kappa shape index (κ1) is 12.8. The van der Waals surface area contributed by atoms with Gasteiger partial charge in [-0.05, 0) is 31.9 Å². The number of nitrogens with two attached hydrogens (primary N) is 1. The molecule has 1 unspecified atom stereocenters. The van der Waals surface area contributed by atoms with Gasteiger partial charge in [-0.15, -0.1) is 0 Å². The zero-order valence-electron chi connectivity index (χ0n) is 11.5. The van der Waals surface area contributed by atoms with E-state index in [-0.39, 0.29) is 11.9 Å². The molecular weight excluding hydrogens is 254 g/mol. The Balaban J connectivity index is 1.66. The molecule has 0 aromatic carbocycles. The number of carbonyl (C=O) groups is 1. The van der Waals surface area contributed by atoms with E-state index in [2.05, 4.69) is 10.4 Å². The second kappa shape index (κ2) is 5.03. The van der Waals surface area contributed by atoms with E-state index >= 15 is 0 Å². The van der Waals surface area contributed by atoms with Gasteiger partial charge in [-0.3, -0.25) is 9.48 Å². The number of nitrogens with one attached hydrogen (secondary N) is 1. The number of hydrogen-bond acceptors (Lipinski definition) is 3. The molecule has 6 nitrogen and oxygen atoms in total. The predicted octanol–water partition coefficient (Wildman–Crippen LogP) is 1.42. The van der Waals surface area contributed by atoms with Crippen molar-refractivity contribution in [2.45, 2.75) is 38.4 Å². The third kappa shape index (κ3) is 2.68. The number of amides is 1. The van der Waals surface area contributed by atoms with Crippen molar-refractivity contribution in [1.82, 2.24) is 19.7 Å². The van der Waals surface area contributed by atoms with Crippen LogP contribution in [0.5, 0.6) is 0 Å². The minimum Gasteiger partial charge on any atom is -0.397 e. The molecule has 106 valence electrons. The topological polar surface area (TPSA) is 77.9 Å². The lowest BCUT2D eigenvalue weighted by Crippen LogP contribution is -2.36. The van der Waals surface area contributed by atoms with Crippen LogP contribution in [0.2, 0.25) is 0 Å². The van der Waals surface area contributed by atoms with Gasteiger partial charge < -0.3 is 15.6 Å². The van der Waals surface area contributed by atoms with Crippen molar-refractivity contribution in [3.63, 3.8) is 0 Å². The normalized spacial score (nSPS) is 16.1. The Morgan fingerprint density at radius 1 is 1.60 bits per heavy atom. The van der Waals surface area contributed by atoms with Crippen molar-refractivity contribution < 1.29 is 4.79 Å². The maximum Gasteiger partial charge on any atom is 0.268 e. The quantitative estimate of drug-likeness (QED) is 0.865. The first-order valence-electron chi connectivity index (χ1n) is 6.89. The van der Waals surface area contributed by atoms with Gasteiger partial charge in [0.25, 0.3) is 5.91 Å². The van der Waals surface area contributed by atoms with Gasteiger partial charge in [0.05, 0.1) is 12.2 Å². The summed E-state index contributed by atoms with van der Waals surface area (Å²) in [5, 5.41) is 7.13. The van der Waals surface area contributed by atoms with Crippen molar-refractivity contribution >= 4 is 11.6 Å². The van der Waals surface area contributed by atoms with Gasteiger partial charge in [0.15, 0.2) is 0 Å². The van der Waals surface area contributed by atoms with Gasteiger partial charge in [-0.2, -0.15) is 5.10 Å². The van der Waals surface area contributed by atoms with E-state index in [4.69, 9.17) is 5.73 Å². The Morgan fingerprint density at radius 3 is 3.05 bits per heavy atom. The SMILES string of the molecule is CC(Cn1cccn1)NC(=O)c1cc(N)cn1C1CC1. The maximum absolute atomic E-state index is 12.3. The van der Waals surface area contributed by atoms with Crippen LogP contribution in [0.15, 0.2) is 30.7 Å². The molecule has 0 radical (unpaired) electrons. The van der Waals surface area contributed by atoms with Crippen molar-refractivity contribution in [2.75, 3.05) is 5.73 Å². The highest BCUT2D eigenvalue weighted by atomic mass is 16.2. The average molecular weight is 273 g/mol.